The molecule has 1 aliphatic heterocycles. The highest BCUT2D eigenvalue weighted by molar-refractivity contribution is 4.89. The quantitative estimate of drug-likeness (QED) is 0.632. The highest BCUT2D eigenvalue weighted by atomic mass is 15.3. The summed E-state index contributed by atoms with van der Waals surface area (Å²) in [7, 11) is 2.23. The van der Waals surface area contributed by atoms with Crippen LogP contribution in [0.25, 0.3) is 0 Å². The number of rotatable bonds is 3. The Kier molecular flexibility index (Phi) is 3.13. The summed E-state index contributed by atoms with van der Waals surface area (Å²) in [5, 5.41) is 0. The predicted octanol–water partition coefficient (Wildman–Crippen LogP) is 1.42. The monoisotopic (exact) mass is 170 g/mol. The summed E-state index contributed by atoms with van der Waals surface area (Å²) < 4.78 is 0. The molecule has 0 amide bonds. The van der Waals surface area contributed by atoms with E-state index in [1.165, 1.54) is 13.1 Å². The maximum absolute atomic E-state index is 2.52. The minimum Gasteiger partial charge on any atom is -0.298 e. The molecule has 2 nitrogen and oxygen atoms in total. The van der Waals surface area contributed by atoms with Crippen LogP contribution in [0.2, 0.25) is 0 Å². The first kappa shape index (κ1) is 10.0. The minimum absolute atomic E-state index is 0.685. The summed E-state index contributed by atoms with van der Waals surface area (Å²) in [6.45, 7) is 11.6. The van der Waals surface area contributed by atoms with Gasteiger partial charge in [0.15, 0.2) is 0 Å². The van der Waals surface area contributed by atoms with E-state index in [4.69, 9.17) is 0 Å². The van der Waals surface area contributed by atoms with Crippen LogP contribution in [0.1, 0.15) is 27.7 Å². The molecule has 0 atom stereocenters. The molecular formula is C10H22N2. The molecule has 0 unspecified atom stereocenters. The van der Waals surface area contributed by atoms with Crippen molar-refractivity contribution in [2.75, 3.05) is 20.1 Å². The zero-order chi connectivity index (χ0) is 9.30. The van der Waals surface area contributed by atoms with Gasteiger partial charge in [-0.3, -0.25) is 9.80 Å². The maximum Gasteiger partial charge on any atom is 0.0350 e. The van der Waals surface area contributed by atoms with E-state index in [0.29, 0.717) is 6.04 Å². The summed E-state index contributed by atoms with van der Waals surface area (Å²) in [6.07, 6.45) is 0. The second-order valence-corrected chi connectivity index (χ2v) is 4.46. The maximum atomic E-state index is 2.52. The van der Waals surface area contributed by atoms with Gasteiger partial charge in [-0.1, -0.05) is 0 Å². The molecule has 1 saturated heterocycles. The van der Waals surface area contributed by atoms with E-state index in [0.717, 1.165) is 12.1 Å². The fourth-order valence-electron chi connectivity index (χ4n) is 1.59. The van der Waals surface area contributed by atoms with E-state index >= 15 is 0 Å². The van der Waals surface area contributed by atoms with Gasteiger partial charge in [0.05, 0.1) is 0 Å². The standard InChI is InChI=1S/C10H22N2/c1-8(2)11(5)10-6-12(7-10)9(3)4/h8-10H,6-7H2,1-5H3. The highest BCUT2D eigenvalue weighted by Crippen LogP contribution is 2.17. The second-order valence-electron chi connectivity index (χ2n) is 4.46. The molecule has 0 spiro atoms. The van der Waals surface area contributed by atoms with Crippen LogP contribution in [0, 0.1) is 0 Å². The van der Waals surface area contributed by atoms with E-state index in [2.05, 4.69) is 44.5 Å². The summed E-state index contributed by atoms with van der Waals surface area (Å²) >= 11 is 0. The lowest BCUT2D eigenvalue weighted by molar-refractivity contribution is 0.0134. The van der Waals surface area contributed by atoms with Gasteiger partial charge < -0.3 is 0 Å². The van der Waals surface area contributed by atoms with Gasteiger partial charge in [-0.25, -0.2) is 0 Å². The smallest absolute Gasteiger partial charge is 0.0350 e. The van der Waals surface area contributed by atoms with Crippen LogP contribution in [-0.2, 0) is 0 Å². The highest BCUT2D eigenvalue weighted by Gasteiger charge is 2.31. The SMILES string of the molecule is CC(C)N1CC(N(C)C(C)C)C1. The van der Waals surface area contributed by atoms with Crippen LogP contribution in [0.5, 0.6) is 0 Å². The first-order valence-corrected chi connectivity index (χ1v) is 4.98. The van der Waals surface area contributed by atoms with Crippen molar-refractivity contribution < 1.29 is 0 Å². The molecule has 0 aromatic carbocycles. The molecule has 0 aromatic rings. The van der Waals surface area contributed by atoms with Crippen LogP contribution in [-0.4, -0.2) is 48.1 Å². The van der Waals surface area contributed by atoms with Crippen LogP contribution >= 0.6 is 0 Å². The van der Waals surface area contributed by atoms with Gasteiger partial charge in [-0.05, 0) is 34.7 Å². The Morgan fingerprint density at radius 3 is 2.00 bits per heavy atom. The topological polar surface area (TPSA) is 6.48 Å². The zero-order valence-electron chi connectivity index (χ0n) is 9.04. The Labute approximate surface area is 76.5 Å². The fourth-order valence-corrected chi connectivity index (χ4v) is 1.59. The second kappa shape index (κ2) is 3.75. The minimum atomic E-state index is 0.685. The molecule has 1 fully saturated rings. The Bertz CT molecular complexity index is 137. The third-order valence-electron chi connectivity index (χ3n) is 3.01. The average Bonchev–Trinajstić information content (AvgIpc) is 1.82. The molecule has 0 aromatic heterocycles. The average molecular weight is 170 g/mol. The van der Waals surface area contributed by atoms with Gasteiger partial charge in [0, 0.05) is 31.2 Å². The number of likely N-dealkylation sites (tertiary alicyclic amines) is 1. The van der Waals surface area contributed by atoms with Gasteiger partial charge in [0.25, 0.3) is 0 Å². The number of likely N-dealkylation sites (N-methyl/N-ethyl adjacent to an activating group) is 1. The van der Waals surface area contributed by atoms with Gasteiger partial charge in [-0.2, -0.15) is 0 Å². The molecule has 72 valence electrons. The van der Waals surface area contributed by atoms with E-state index in [-0.39, 0.29) is 0 Å². The number of nitrogens with zero attached hydrogens (tertiary/aromatic N) is 2. The first-order valence-electron chi connectivity index (χ1n) is 4.98. The van der Waals surface area contributed by atoms with Crippen molar-refractivity contribution in [2.24, 2.45) is 0 Å². The predicted molar refractivity (Wildman–Crippen MR) is 53.4 cm³/mol. The first-order chi connectivity index (χ1) is 5.52. The molecule has 1 heterocycles. The van der Waals surface area contributed by atoms with Crippen molar-refractivity contribution in [3.63, 3.8) is 0 Å². The van der Waals surface area contributed by atoms with Crippen molar-refractivity contribution in [3.8, 4) is 0 Å². The summed E-state index contributed by atoms with van der Waals surface area (Å²) in [5.74, 6) is 0. The lowest BCUT2D eigenvalue weighted by Gasteiger charge is -2.47. The van der Waals surface area contributed by atoms with Crippen molar-refractivity contribution in [3.05, 3.63) is 0 Å². The van der Waals surface area contributed by atoms with E-state index in [9.17, 15) is 0 Å². The molecule has 0 aliphatic carbocycles. The van der Waals surface area contributed by atoms with Crippen molar-refractivity contribution in [1.29, 1.82) is 0 Å². The van der Waals surface area contributed by atoms with Crippen LogP contribution < -0.4 is 0 Å². The molecule has 0 saturated carbocycles. The summed E-state index contributed by atoms with van der Waals surface area (Å²) in [6, 6.07) is 2.21. The lowest BCUT2D eigenvalue weighted by Crippen LogP contribution is -2.61. The Morgan fingerprint density at radius 2 is 1.67 bits per heavy atom. The summed E-state index contributed by atoms with van der Waals surface area (Å²) in [5.41, 5.74) is 0. The van der Waals surface area contributed by atoms with Crippen LogP contribution in [0.15, 0.2) is 0 Å². The third-order valence-corrected chi connectivity index (χ3v) is 3.01. The molecule has 12 heavy (non-hydrogen) atoms. The van der Waals surface area contributed by atoms with E-state index in [1.807, 2.05) is 0 Å². The molecular weight excluding hydrogens is 148 g/mol. The molecule has 2 heteroatoms. The zero-order valence-corrected chi connectivity index (χ0v) is 9.04. The normalized spacial score (nSPS) is 21.0. The van der Waals surface area contributed by atoms with E-state index < -0.39 is 0 Å². The molecule has 0 radical (unpaired) electrons. The van der Waals surface area contributed by atoms with Crippen molar-refractivity contribution in [2.45, 2.75) is 45.8 Å². The molecule has 1 rings (SSSR count). The third kappa shape index (κ3) is 1.99. The van der Waals surface area contributed by atoms with Crippen molar-refractivity contribution in [1.82, 2.24) is 9.80 Å². The number of hydrogen-bond donors (Lipinski definition) is 0. The Hall–Kier alpha value is -0.0800. The van der Waals surface area contributed by atoms with Crippen molar-refractivity contribution >= 4 is 0 Å². The van der Waals surface area contributed by atoms with Gasteiger partial charge in [0.2, 0.25) is 0 Å². The fraction of sp³-hybridized carbons (Fsp3) is 1.00. The molecule has 0 bridgehead atoms. The van der Waals surface area contributed by atoms with Gasteiger partial charge in [0.1, 0.15) is 0 Å². The number of hydrogen-bond acceptors (Lipinski definition) is 2. The van der Waals surface area contributed by atoms with E-state index in [1.54, 1.807) is 0 Å². The van der Waals surface area contributed by atoms with Crippen LogP contribution in [0.4, 0.5) is 0 Å². The van der Waals surface area contributed by atoms with Crippen LogP contribution in [0.3, 0.4) is 0 Å². The summed E-state index contributed by atoms with van der Waals surface area (Å²) in [4.78, 5) is 4.99. The van der Waals surface area contributed by atoms with Gasteiger partial charge in [-0.15, -0.1) is 0 Å². The lowest BCUT2D eigenvalue weighted by atomic mass is 10.0. The molecule has 1 aliphatic rings. The largest absolute Gasteiger partial charge is 0.298 e. The van der Waals surface area contributed by atoms with Gasteiger partial charge >= 0.3 is 0 Å². The Morgan fingerprint density at radius 1 is 1.17 bits per heavy atom. The Balaban J connectivity index is 2.25. The molecule has 0 N–H and O–H groups in total.